The van der Waals surface area contributed by atoms with Gasteiger partial charge in [-0.25, -0.2) is 9.97 Å². The first kappa shape index (κ1) is 47.4. The van der Waals surface area contributed by atoms with E-state index in [9.17, 15) is 0 Å². The van der Waals surface area contributed by atoms with Gasteiger partial charge in [0.05, 0.1) is 28.1 Å². The van der Waals surface area contributed by atoms with Gasteiger partial charge >= 0.3 is 0 Å². The fourth-order valence-corrected chi connectivity index (χ4v) is 15.0. The fourth-order valence-electron chi connectivity index (χ4n) is 13.7. The minimum Gasteiger partial charge on any atom is -0.311 e. The molecule has 0 amide bonds. The van der Waals surface area contributed by atoms with Crippen molar-refractivity contribution in [2.45, 2.75) is 5.92 Å². The van der Waals surface area contributed by atoms with Crippen molar-refractivity contribution in [3.05, 3.63) is 308 Å². The molecule has 0 saturated heterocycles. The summed E-state index contributed by atoms with van der Waals surface area (Å²) in [7, 11) is 0. The van der Waals surface area contributed by atoms with Gasteiger partial charge in [0.15, 0.2) is 5.82 Å². The average Bonchev–Trinajstić information content (AvgIpc) is 2.83. The molecule has 0 fully saturated rings. The molecular formula is C77H49BN4S. The maximum atomic E-state index is 5.36. The molecule has 17 rings (SSSR count). The van der Waals surface area contributed by atoms with E-state index in [0.29, 0.717) is 5.82 Å². The summed E-state index contributed by atoms with van der Waals surface area (Å²) in [6.45, 7) is 0.0754. The van der Waals surface area contributed by atoms with E-state index in [2.05, 4.69) is 301 Å². The monoisotopic (exact) mass is 1070 g/mol. The molecule has 0 bridgehead atoms. The fraction of sp³-hybridized carbons (Fsp3) is 0.0130. The van der Waals surface area contributed by atoms with E-state index >= 15 is 0 Å². The van der Waals surface area contributed by atoms with Crippen molar-refractivity contribution in [2.75, 3.05) is 4.90 Å². The molecule has 0 N–H and O–H groups in total. The van der Waals surface area contributed by atoms with Crippen LogP contribution in [0.3, 0.4) is 0 Å². The first-order chi connectivity index (χ1) is 41.2. The van der Waals surface area contributed by atoms with Crippen molar-refractivity contribution in [1.29, 1.82) is 0 Å². The van der Waals surface area contributed by atoms with Crippen LogP contribution in [0.1, 0.15) is 22.6 Å². The highest BCUT2D eigenvalue weighted by Crippen LogP contribution is 2.47. The summed E-state index contributed by atoms with van der Waals surface area (Å²) in [5.74, 6) is 0.707. The molecule has 6 heteroatoms. The molecule has 386 valence electrons. The lowest BCUT2D eigenvalue weighted by atomic mass is 9.31. The number of hydrogen-bond donors (Lipinski definition) is 0. The number of thiophene rings is 1. The Balaban J connectivity index is 0.888. The second-order valence-corrected chi connectivity index (χ2v) is 23.0. The Kier molecular flexibility index (Phi) is 10.9. The number of anilines is 3. The van der Waals surface area contributed by atoms with E-state index in [0.717, 1.165) is 61.7 Å². The Morgan fingerprint density at radius 2 is 0.988 bits per heavy atom. The molecule has 15 aromatic rings. The third-order valence-electron chi connectivity index (χ3n) is 17.4. The number of fused-ring (bicyclic) bond motifs is 11. The summed E-state index contributed by atoms with van der Waals surface area (Å²) in [5, 5.41) is 5.10. The highest BCUT2D eigenvalue weighted by atomic mass is 32.1. The molecule has 0 radical (unpaired) electrons. The average molecular weight is 1070 g/mol. The van der Waals surface area contributed by atoms with Crippen LogP contribution >= 0.6 is 11.3 Å². The zero-order valence-corrected chi connectivity index (χ0v) is 45.9. The molecule has 3 aromatic heterocycles. The van der Waals surface area contributed by atoms with E-state index in [1.807, 2.05) is 11.3 Å². The van der Waals surface area contributed by atoms with Gasteiger partial charge in [-0.3, -0.25) is 0 Å². The Labute approximate surface area is 485 Å². The van der Waals surface area contributed by atoms with Crippen molar-refractivity contribution in [2.24, 2.45) is 0 Å². The number of aromatic nitrogens is 3. The van der Waals surface area contributed by atoms with Gasteiger partial charge < -0.3 is 9.47 Å². The standard InChI is InChI=1S/C77H49BN4S/c1-5-21-51(22-6-1)65-48-66(52-23-7-2-8-24-52)80-77(79-65)54-41-43-68(82-67-34-18-14-31-60(67)74-70(82)44-42-58-57-29-15-20-36-72(57)83-76(58)74)61(45-54)50-39-37-49(38-40-50)55-46-62-73(53-25-9-3-10-26-53)59-30-13-16-32-63(59)78-64-33-17-19-35-69(64)81(71(47-55)75(62)78)56-27-11-4-12-28-56/h1-48,73H. The molecule has 1 unspecified atom stereocenters. The third-order valence-corrected chi connectivity index (χ3v) is 18.6. The van der Waals surface area contributed by atoms with Gasteiger partial charge in [0.2, 0.25) is 6.71 Å². The number of para-hydroxylation sites is 3. The van der Waals surface area contributed by atoms with Crippen LogP contribution in [0, 0.1) is 0 Å². The Bertz CT molecular complexity index is 4870. The summed E-state index contributed by atoms with van der Waals surface area (Å²) in [6, 6.07) is 107. The molecule has 2 aliphatic heterocycles. The molecule has 83 heavy (non-hydrogen) atoms. The second-order valence-electron chi connectivity index (χ2n) is 21.9. The minimum absolute atomic E-state index is 0.0369. The smallest absolute Gasteiger partial charge is 0.247 e. The highest BCUT2D eigenvalue weighted by Gasteiger charge is 2.44. The van der Waals surface area contributed by atoms with E-state index < -0.39 is 0 Å². The van der Waals surface area contributed by atoms with Crippen molar-refractivity contribution in [3.63, 3.8) is 0 Å². The lowest BCUT2D eigenvalue weighted by molar-refractivity contribution is 0.985. The van der Waals surface area contributed by atoms with Crippen molar-refractivity contribution in [3.8, 4) is 61.8 Å². The first-order valence-electron chi connectivity index (χ1n) is 28.5. The van der Waals surface area contributed by atoms with Crippen LogP contribution < -0.4 is 21.3 Å². The van der Waals surface area contributed by atoms with Gasteiger partial charge in [-0.2, -0.15) is 0 Å². The zero-order chi connectivity index (χ0) is 54.5. The van der Waals surface area contributed by atoms with Gasteiger partial charge in [-0.15, -0.1) is 11.3 Å². The maximum absolute atomic E-state index is 5.36. The van der Waals surface area contributed by atoms with Gasteiger partial charge in [-0.1, -0.05) is 230 Å². The maximum Gasteiger partial charge on any atom is 0.247 e. The van der Waals surface area contributed by atoms with Crippen LogP contribution in [0.4, 0.5) is 17.1 Å². The summed E-state index contributed by atoms with van der Waals surface area (Å²) in [4.78, 5) is 13.2. The molecule has 12 aromatic carbocycles. The predicted octanol–water partition coefficient (Wildman–Crippen LogP) is 18.1. The largest absolute Gasteiger partial charge is 0.311 e. The third kappa shape index (κ3) is 7.60. The molecule has 0 saturated carbocycles. The zero-order valence-electron chi connectivity index (χ0n) is 45.1. The van der Waals surface area contributed by atoms with Crippen molar-refractivity contribution >= 4 is 93.5 Å². The van der Waals surface area contributed by atoms with Crippen LogP contribution in [0.2, 0.25) is 0 Å². The summed E-state index contributed by atoms with van der Waals surface area (Å²) in [5.41, 5.74) is 24.3. The summed E-state index contributed by atoms with van der Waals surface area (Å²) in [6.07, 6.45) is 0. The van der Waals surface area contributed by atoms with Crippen molar-refractivity contribution in [1.82, 2.24) is 14.5 Å². The molecule has 1 atom stereocenters. The molecule has 0 aliphatic carbocycles. The Morgan fingerprint density at radius 3 is 1.75 bits per heavy atom. The highest BCUT2D eigenvalue weighted by molar-refractivity contribution is 7.26. The van der Waals surface area contributed by atoms with Crippen LogP contribution in [0.25, 0.3) is 104 Å². The van der Waals surface area contributed by atoms with Gasteiger partial charge in [0.25, 0.3) is 0 Å². The SMILES string of the molecule is c1ccc(-c2cc(-c3ccccc3)nc(-c3ccc(-n4c5ccccc5c5c6sc7ccccc7c6ccc54)c(-c4ccc(-c5cc6c7c(c5)N(c5ccccc5)c5ccccc5B7c5ccccc5C6c5ccccc5)cc4)c3)n2)cc1. The quantitative estimate of drug-likeness (QED) is 0.142. The summed E-state index contributed by atoms with van der Waals surface area (Å²) < 4.78 is 5.09. The Hall–Kier alpha value is -10.4. The van der Waals surface area contributed by atoms with E-state index in [1.165, 1.54) is 86.5 Å². The minimum atomic E-state index is 0.0369. The molecule has 0 spiro atoms. The van der Waals surface area contributed by atoms with Crippen molar-refractivity contribution < 1.29 is 0 Å². The number of benzene rings is 12. The topological polar surface area (TPSA) is 34.0 Å². The van der Waals surface area contributed by atoms with Gasteiger partial charge in [0, 0.05) is 76.2 Å². The molecule has 4 nitrogen and oxygen atoms in total. The predicted molar refractivity (Wildman–Crippen MR) is 350 cm³/mol. The first-order valence-corrected chi connectivity index (χ1v) is 29.3. The van der Waals surface area contributed by atoms with Gasteiger partial charge in [-0.05, 0) is 111 Å². The number of rotatable bonds is 8. The van der Waals surface area contributed by atoms with E-state index in [4.69, 9.17) is 9.97 Å². The van der Waals surface area contributed by atoms with E-state index in [1.54, 1.807) is 0 Å². The number of nitrogens with zero attached hydrogens (tertiary/aromatic N) is 4. The van der Waals surface area contributed by atoms with Crippen LogP contribution in [0.5, 0.6) is 0 Å². The normalized spacial score (nSPS) is 13.4. The Morgan fingerprint density at radius 1 is 0.373 bits per heavy atom. The number of hydrogen-bond acceptors (Lipinski definition) is 4. The lowest BCUT2D eigenvalue weighted by Gasteiger charge is -2.43. The molecular weight excluding hydrogens is 1020 g/mol. The van der Waals surface area contributed by atoms with Crippen LogP contribution in [-0.2, 0) is 0 Å². The second kappa shape index (κ2) is 19.1. The van der Waals surface area contributed by atoms with Gasteiger partial charge in [0.1, 0.15) is 0 Å². The lowest BCUT2D eigenvalue weighted by Crippen LogP contribution is -2.61. The van der Waals surface area contributed by atoms with Crippen LogP contribution in [0.15, 0.2) is 291 Å². The van der Waals surface area contributed by atoms with E-state index in [-0.39, 0.29) is 12.6 Å². The summed E-state index contributed by atoms with van der Waals surface area (Å²) >= 11 is 1.89. The van der Waals surface area contributed by atoms with Crippen LogP contribution in [-0.4, -0.2) is 21.2 Å². The molecule has 2 aliphatic rings. The molecule has 5 heterocycles.